The fourth-order valence-electron chi connectivity index (χ4n) is 3.36. The monoisotopic (exact) mass is 422 g/mol. The van der Waals surface area contributed by atoms with Gasteiger partial charge in [-0.3, -0.25) is 14.9 Å². The molecule has 162 valence electrons. The number of non-ortho nitro benzene ring substituents is 1. The SMILES string of the molecule is CC(C)CC(=O)N(CCc1nc(-c2cccc([N+](=O)[O-])c2)no1)C(C)c1ccccc1. The number of aromatic nitrogens is 2. The predicted octanol–water partition coefficient (Wildman–Crippen LogP) is 4.82. The molecule has 0 aliphatic carbocycles. The molecule has 8 heteroatoms. The van der Waals surface area contributed by atoms with Crippen LogP contribution in [0.5, 0.6) is 0 Å². The topological polar surface area (TPSA) is 102 Å². The molecule has 1 unspecified atom stereocenters. The van der Waals surface area contributed by atoms with Gasteiger partial charge < -0.3 is 9.42 Å². The van der Waals surface area contributed by atoms with Gasteiger partial charge in [0.05, 0.1) is 11.0 Å². The zero-order valence-electron chi connectivity index (χ0n) is 17.9. The van der Waals surface area contributed by atoms with E-state index >= 15 is 0 Å². The number of carbonyl (C=O) groups excluding carboxylic acids is 1. The minimum absolute atomic E-state index is 0.0361. The molecule has 1 aromatic heterocycles. The summed E-state index contributed by atoms with van der Waals surface area (Å²) in [7, 11) is 0. The molecule has 31 heavy (non-hydrogen) atoms. The van der Waals surface area contributed by atoms with Gasteiger partial charge in [-0.05, 0) is 18.4 Å². The van der Waals surface area contributed by atoms with E-state index in [-0.39, 0.29) is 29.4 Å². The van der Waals surface area contributed by atoms with Crippen molar-refractivity contribution in [2.75, 3.05) is 6.54 Å². The van der Waals surface area contributed by atoms with Crippen molar-refractivity contribution in [3.05, 3.63) is 76.2 Å². The molecular weight excluding hydrogens is 396 g/mol. The summed E-state index contributed by atoms with van der Waals surface area (Å²) in [5.41, 5.74) is 1.53. The van der Waals surface area contributed by atoms with Crippen LogP contribution in [0, 0.1) is 16.0 Å². The molecule has 0 saturated heterocycles. The number of nitro groups is 1. The van der Waals surface area contributed by atoms with E-state index in [0.717, 1.165) is 5.56 Å². The number of hydrogen-bond donors (Lipinski definition) is 0. The number of nitrogens with zero attached hydrogens (tertiary/aromatic N) is 4. The van der Waals surface area contributed by atoms with Crippen LogP contribution in [-0.4, -0.2) is 32.4 Å². The molecule has 0 saturated carbocycles. The first kappa shape index (κ1) is 22.1. The first-order chi connectivity index (χ1) is 14.8. The van der Waals surface area contributed by atoms with Gasteiger partial charge in [-0.1, -0.05) is 61.5 Å². The Morgan fingerprint density at radius 1 is 1.13 bits per heavy atom. The zero-order valence-corrected chi connectivity index (χ0v) is 17.9. The van der Waals surface area contributed by atoms with E-state index in [1.807, 2.05) is 56.0 Å². The van der Waals surface area contributed by atoms with Gasteiger partial charge in [-0.15, -0.1) is 0 Å². The van der Waals surface area contributed by atoms with Gasteiger partial charge in [-0.25, -0.2) is 0 Å². The van der Waals surface area contributed by atoms with E-state index in [0.29, 0.717) is 30.8 Å². The Hall–Kier alpha value is -3.55. The summed E-state index contributed by atoms with van der Waals surface area (Å²) < 4.78 is 5.35. The Bertz CT molecular complexity index is 1030. The van der Waals surface area contributed by atoms with Crippen LogP contribution in [-0.2, 0) is 11.2 Å². The molecule has 0 aliphatic heterocycles. The molecule has 0 fully saturated rings. The number of benzene rings is 2. The van der Waals surface area contributed by atoms with Crippen molar-refractivity contribution in [2.45, 2.75) is 39.7 Å². The van der Waals surface area contributed by atoms with Gasteiger partial charge in [0.25, 0.3) is 5.69 Å². The van der Waals surface area contributed by atoms with Crippen LogP contribution in [0.1, 0.15) is 44.7 Å². The fourth-order valence-corrected chi connectivity index (χ4v) is 3.36. The van der Waals surface area contributed by atoms with Crippen LogP contribution in [0.4, 0.5) is 5.69 Å². The Morgan fingerprint density at radius 2 is 1.87 bits per heavy atom. The smallest absolute Gasteiger partial charge is 0.270 e. The molecule has 3 rings (SSSR count). The minimum atomic E-state index is -0.465. The second-order valence-electron chi connectivity index (χ2n) is 7.84. The lowest BCUT2D eigenvalue weighted by Gasteiger charge is -2.30. The van der Waals surface area contributed by atoms with E-state index in [1.165, 1.54) is 12.1 Å². The van der Waals surface area contributed by atoms with Crippen LogP contribution in [0.2, 0.25) is 0 Å². The molecule has 2 aromatic carbocycles. The zero-order chi connectivity index (χ0) is 22.4. The summed E-state index contributed by atoms with van der Waals surface area (Å²) in [5, 5.41) is 14.9. The maximum absolute atomic E-state index is 12.9. The summed E-state index contributed by atoms with van der Waals surface area (Å²) >= 11 is 0. The number of carbonyl (C=O) groups is 1. The molecular formula is C23H26N4O4. The maximum Gasteiger partial charge on any atom is 0.270 e. The van der Waals surface area contributed by atoms with E-state index in [2.05, 4.69) is 10.1 Å². The lowest BCUT2D eigenvalue weighted by molar-refractivity contribution is -0.384. The van der Waals surface area contributed by atoms with Gasteiger partial charge in [0, 0.05) is 37.1 Å². The second kappa shape index (κ2) is 9.97. The van der Waals surface area contributed by atoms with Crippen LogP contribution >= 0.6 is 0 Å². The highest BCUT2D eigenvalue weighted by Gasteiger charge is 2.23. The Balaban J connectivity index is 1.75. The predicted molar refractivity (Wildman–Crippen MR) is 116 cm³/mol. The van der Waals surface area contributed by atoms with Gasteiger partial charge in [0.15, 0.2) is 0 Å². The Kier molecular flexibility index (Phi) is 7.12. The average Bonchev–Trinajstić information content (AvgIpc) is 3.23. The quantitative estimate of drug-likeness (QED) is 0.362. The van der Waals surface area contributed by atoms with E-state index in [9.17, 15) is 14.9 Å². The summed E-state index contributed by atoms with van der Waals surface area (Å²) in [5.74, 6) is 0.991. The molecule has 1 atom stereocenters. The molecule has 0 radical (unpaired) electrons. The molecule has 0 bridgehead atoms. The first-order valence-electron chi connectivity index (χ1n) is 10.3. The first-order valence-corrected chi connectivity index (χ1v) is 10.3. The lowest BCUT2D eigenvalue weighted by atomic mass is 10.0. The highest BCUT2D eigenvalue weighted by Crippen LogP contribution is 2.24. The number of hydrogen-bond acceptors (Lipinski definition) is 6. The largest absolute Gasteiger partial charge is 0.339 e. The highest BCUT2D eigenvalue weighted by atomic mass is 16.6. The number of nitro benzene ring substituents is 1. The Morgan fingerprint density at radius 3 is 2.55 bits per heavy atom. The molecule has 8 nitrogen and oxygen atoms in total. The van der Waals surface area contributed by atoms with Crippen molar-refractivity contribution in [1.29, 1.82) is 0 Å². The summed E-state index contributed by atoms with van der Waals surface area (Å²) in [4.78, 5) is 29.6. The second-order valence-corrected chi connectivity index (χ2v) is 7.84. The Labute approximate surface area is 181 Å². The summed E-state index contributed by atoms with van der Waals surface area (Å²) in [6.07, 6.45) is 0.850. The summed E-state index contributed by atoms with van der Waals surface area (Å²) in [6.45, 7) is 6.48. The minimum Gasteiger partial charge on any atom is -0.339 e. The van der Waals surface area contributed by atoms with Crippen molar-refractivity contribution in [1.82, 2.24) is 15.0 Å². The molecule has 0 N–H and O–H groups in total. The standard InChI is InChI=1S/C23H26N4O4/c1-16(2)14-22(28)26(17(3)18-8-5-4-6-9-18)13-12-21-24-23(25-31-21)19-10-7-11-20(15-19)27(29)30/h4-11,15-17H,12-14H2,1-3H3. The highest BCUT2D eigenvalue weighted by molar-refractivity contribution is 5.77. The third kappa shape index (κ3) is 5.75. The lowest BCUT2D eigenvalue weighted by Crippen LogP contribution is -2.36. The molecule has 3 aromatic rings. The van der Waals surface area contributed by atoms with Crippen LogP contribution < -0.4 is 0 Å². The van der Waals surface area contributed by atoms with Crippen molar-refractivity contribution in [2.24, 2.45) is 5.92 Å². The van der Waals surface area contributed by atoms with E-state index in [4.69, 9.17) is 4.52 Å². The van der Waals surface area contributed by atoms with Crippen LogP contribution in [0.15, 0.2) is 59.1 Å². The van der Waals surface area contributed by atoms with Gasteiger partial charge in [0.2, 0.25) is 17.6 Å². The normalized spacial score (nSPS) is 12.0. The van der Waals surface area contributed by atoms with Crippen molar-refractivity contribution in [3.8, 4) is 11.4 Å². The average molecular weight is 422 g/mol. The molecule has 0 spiro atoms. The fraction of sp³-hybridized carbons (Fsp3) is 0.348. The molecule has 1 heterocycles. The number of amides is 1. The maximum atomic E-state index is 12.9. The van der Waals surface area contributed by atoms with Crippen molar-refractivity contribution in [3.63, 3.8) is 0 Å². The van der Waals surface area contributed by atoms with Crippen LogP contribution in [0.25, 0.3) is 11.4 Å². The van der Waals surface area contributed by atoms with Gasteiger partial charge >= 0.3 is 0 Å². The van der Waals surface area contributed by atoms with Crippen LogP contribution in [0.3, 0.4) is 0 Å². The van der Waals surface area contributed by atoms with Crippen molar-refractivity contribution >= 4 is 11.6 Å². The van der Waals surface area contributed by atoms with E-state index < -0.39 is 4.92 Å². The third-order valence-electron chi connectivity index (χ3n) is 5.00. The third-order valence-corrected chi connectivity index (χ3v) is 5.00. The molecule has 1 amide bonds. The van der Waals surface area contributed by atoms with Crippen molar-refractivity contribution < 1.29 is 14.2 Å². The number of rotatable bonds is 9. The van der Waals surface area contributed by atoms with E-state index in [1.54, 1.807) is 12.1 Å². The summed E-state index contributed by atoms with van der Waals surface area (Å²) in [6, 6.07) is 15.9. The van der Waals surface area contributed by atoms with Gasteiger partial charge in [0.1, 0.15) is 0 Å². The van der Waals surface area contributed by atoms with Gasteiger partial charge in [-0.2, -0.15) is 4.98 Å². The molecule has 0 aliphatic rings.